The molecule has 0 spiro atoms. The zero-order valence-electron chi connectivity index (χ0n) is 10.9. The lowest BCUT2D eigenvalue weighted by atomic mass is 10.2. The summed E-state index contributed by atoms with van der Waals surface area (Å²) in [5, 5.41) is 0. The summed E-state index contributed by atoms with van der Waals surface area (Å²) >= 11 is 3.39. The zero-order chi connectivity index (χ0) is 14.7. The second-order valence-corrected chi connectivity index (χ2v) is 4.69. The number of hydrogen-bond acceptors (Lipinski definition) is 6. The van der Waals surface area contributed by atoms with Crippen LogP contribution in [0.4, 0.5) is 5.82 Å². The van der Waals surface area contributed by atoms with Crippen LogP contribution in [0.5, 0.6) is 5.75 Å². The first-order valence-electron chi connectivity index (χ1n) is 5.61. The van der Waals surface area contributed by atoms with Crippen LogP contribution in [-0.4, -0.2) is 30.2 Å². The highest BCUT2D eigenvalue weighted by molar-refractivity contribution is 9.10. The van der Waals surface area contributed by atoms with Gasteiger partial charge in [0.15, 0.2) is 5.82 Å². The molecule has 0 unspecified atom stereocenters. The Balaban J connectivity index is 2.41. The minimum atomic E-state index is -0.565. The van der Waals surface area contributed by atoms with E-state index < -0.39 is 5.97 Å². The first-order valence-corrected chi connectivity index (χ1v) is 6.41. The molecule has 0 aliphatic carbocycles. The molecule has 0 bridgehead atoms. The van der Waals surface area contributed by atoms with Crippen molar-refractivity contribution in [3.63, 3.8) is 0 Å². The Kier molecular flexibility index (Phi) is 4.19. The highest BCUT2D eigenvalue weighted by Gasteiger charge is 2.14. The lowest BCUT2D eigenvalue weighted by Crippen LogP contribution is -2.09. The number of benzene rings is 1. The van der Waals surface area contributed by atoms with E-state index in [1.807, 2.05) is 6.07 Å². The number of anilines is 1. The molecule has 0 aliphatic heterocycles. The number of carbonyl (C=O) groups excluding carboxylic acids is 1. The van der Waals surface area contributed by atoms with Gasteiger partial charge in [-0.25, -0.2) is 14.8 Å². The maximum Gasteiger partial charge on any atom is 0.343 e. The van der Waals surface area contributed by atoms with Gasteiger partial charge >= 0.3 is 5.97 Å². The van der Waals surface area contributed by atoms with E-state index in [0.717, 1.165) is 10.0 Å². The van der Waals surface area contributed by atoms with Crippen molar-refractivity contribution in [1.82, 2.24) is 9.97 Å². The molecule has 1 aromatic heterocycles. The molecule has 2 aromatic rings. The number of nitrogens with zero attached hydrogens (tertiary/aromatic N) is 2. The number of methoxy groups -OCH3 is 2. The van der Waals surface area contributed by atoms with Crippen molar-refractivity contribution >= 4 is 27.7 Å². The van der Waals surface area contributed by atoms with Gasteiger partial charge in [0.2, 0.25) is 0 Å². The van der Waals surface area contributed by atoms with Crippen LogP contribution in [0.2, 0.25) is 0 Å². The molecule has 104 valence electrons. The Bertz CT molecular complexity index is 661. The van der Waals surface area contributed by atoms with Crippen LogP contribution < -0.4 is 10.5 Å². The predicted octanol–water partition coefficient (Wildman–Crippen LogP) is 2.28. The van der Waals surface area contributed by atoms with Gasteiger partial charge in [0.05, 0.1) is 18.7 Å². The normalized spacial score (nSPS) is 10.2. The summed E-state index contributed by atoms with van der Waals surface area (Å²) in [5.41, 5.74) is 6.63. The SMILES string of the molecule is COC(=O)c1cnc(-c2ccc(OC)c(Br)c2)nc1N. The van der Waals surface area contributed by atoms with Crippen molar-refractivity contribution in [3.05, 3.63) is 34.4 Å². The zero-order valence-corrected chi connectivity index (χ0v) is 12.5. The van der Waals surface area contributed by atoms with E-state index in [2.05, 4.69) is 30.6 Å². The van der Waals surface area contributed by atoms with Crippen molar-refractivity contribution in [3.8, 4) is 17.1 Å². The largest absolute Gasteiger partial charge is 0.496 e. The minimum absolute atomic E-state index is 0.0776. The number of ether oxygens (including phenoxy) is 2. The average Bonchev–Trinajstić information content (AvgIpc) is 2.46. The molecule has 1 heterocycles. The molecule has 20 heavy (non-hydrogen) atoms. The Labute approximate surface area is 124 Å². The third-order valence-electron chi connectivity index (χ3n) is 2.63. The van der Waals surface area contributed by atoms with E-state index in [-0.39, 0.29) is 11.4 Å². The lowest BCUT2D eigenvalue weighted by Gasteiger charge is -2.07. The first-order chi connectivity index (χ1) is 9.56. The Morgan fingerprint density at radius 3 is 2.65 bits per heavy atom. The van der Waals surface area contributed by atoms with Crippen LogP contribution in [0, 0.1) is 0 Å². The van der Waals surface area contributed by atoms with E-state index in [0.29, 0.717) is 11.6 Å². The Morgan fingerprint density at radius 2 is 2.10 bits per heavy atom. The number of hydrogen-bond donors (Lipinski definition) is 1. The molecule has 1 aromatic carbocycles. The van der Waals surface area contributed by atoms with Crippen molar-refractivity contribution in [2.24, 2.45) is 0 Å². The van der Waals surface area contributed by atoms with E-state index in [4.69, 9.17) is 10.5 Å². The van der Waals surface area contributed by atoms with Crippen molar-refractivity contribution in [2.45, 2.75) is 0 Å². The summed E-state index contributed by atoms with van der Waals surface area (Å²) in [6.45, 7) is 0. The fraction of sp³-hybridized carbons (Fsp3) is 0.154. The Morgan fingerprint density at radius 1 is 1.35 bits per heavy atom. The number of aromatic nitrogens is 2. The number of nitrogen functional groups attached to an aromatic ring is 1. The molecule has 0 fully saturated rings. The van der Waals surface area contributed by atoms with Crippen LogP contribution in [-0.2, 0) is 4.74 Å². The monoisotopic (exact) mass is 337 g/mol. The third kappa shape index (κ3) is 2.72. The molecule has 0 saturated heterocycles. The molecule has 0 radical (unpaired) electrons. The highest BCUT2D eigenvalue weighted by atomic mass is 79.9. The predicted molar refractivity (Wildman–Crippen MR) is 77.5 cm³/mol. The molecule has 0 atom stereocenters. The number of carbonyl (C=O) groups is 1. The number of esters is 1. The molecular weight excluding hydrogens is 326 g/mol. The number of nitrogens with two attached hydrogens (primary N) is 1. The van der Waals surface area contributed by atoms with E-state index in [9.17, 15) is 4.79 Å². The molecule has 6 nitrogen and oxygen atoms in total. The summed E-state index contributed by atoms with van der Waals surface area (Å²) in [7, 11) is 2.86. The van der Waals surface area contributed by atoms with Crippen LogP contribution in [0.15, 0.2) is 28.9 Å². The van der Waals surface area contributed by atoms with Crippen LogP contribution in [0.1, 0.15) is 10.4 Å². The van der Waals surface area contributed by atoms with Crippen LogP contribution in [0.25, 0.3) is 11.4 Å². The van der Waals surface area contributed by atoms with Crippen molar-refractivity contribution in [1.29, 1.82) is 0 Å². The van der Waals surface area contributed by atoms with Gasteiger partial charge in [0.1, 0.15) is 17.1 Å². The van der Waals surface area contributed by atoms with Gasteiger partial charge in [0, 0.05) is 11.8 Å². The standard InChI is InChI=1S/C13H12BrN3O3/c1-19-10-4-3-7(5-9(10)14)12-16-6-8(11(15)17-12)13(18)20-2/h3-6H,1-2H3,(H2,15,16,17). The van der Waals surface area contributed by atoms with Crippen molar-refractivity contribution in [2.75, 3.05) is 20.0 Å². The van der Waals surface area contributed by atoms with Crippen LogP contribution in [0.3, 0.4) is 0 Å². The summed E-state index contributed by atoms with van der Waals surface area (Å²) < 4.78 is 10.5. The van der Waals surface area contributed by atoms with Gasteiger partial charge in [-0.15, -0.1) is 0 Å². The molecular formula is C13H12BrN3O3. The summed E-state index contributed by atoms with van der Waals surface area (Å²) in [6, 6.07) is 5.40. The second-order valence-electron chi connectivity index (χ2n) is 3.83. The topological polar surface area (TPSA) is 87.3 Å². The summed E-state index contributed by atoms with van der Waals surface area (Å²) in [4.78, 5) is 19.6. The smallest absolute Gasteiger partial charge is 0.343 e. The molecule has 0 amide bonds. The van der Waals surface area contributed by atoms with E-state index in [1.54, 1.807) is 19.2 Å². The molecule has 2 rings (SSSR count). The van der Waals surface area contributed by atoms with Gasteiger partial charge in [-0.1, -0.05) is 0 Å². The lowest BCUT2D eigenvalue weighted by molar-refractivity contribution is 0.0601. The molecule has 0 aliphatic rings. The molecule has 7 heteroatoms. The van der Waals surface area contributed by atoms with Gasteiger partial charge < -0.3 is 15.2 Å². The quantitative estimate of drug-likeness (QED) is 0.864. The number of rotatable bonds is 3. The first kappa shape index (κ1) is 14.3. The van der Waals surface area contributed by atoms with Gasteiger partial charge in [-0.05, 0) is 34.1 Å². The van der Waals surface area contributed by atoms with Gasteiger partial charge in [-0.3, -0.25) is 0 Å². The fourth-order valence-electron chi connectivity index (χ4n) is 1.61. The van der Waals surface area contributed by atoms with Gasteiger partial charge in [0.25, 0.3) is 0 Å². The average molecular weight is 338 g/mol. The van der Waals surface area contributed by atoms with Gasteiger partial charge in [-0.2, -0.15) is 0 Å². The second kappa shape index (κ2) is 5.87. The van der Waals surface area contributed by atoms with E-state index in [1.165, 1.54) is 13.3 Å². The van der Waals surface area contributed by atoms with Crippen LogP contribution >= 0.6 is 15.9 Å². The summed E-state index contributed by atoms with van der Waals surface area (Å²) in [5.74, 6) is 0.630. The maximum atomic E-state index is 11.4. The fourth-order valence-corrected chi connectivity index (χ4v) is 2.15. The van der Waals surface area contributed by atoms with E-state index >= 15 is 0 Å². The third-order valence-corrected chi connectivity index (χ3v) is 3.25. The number of halogens is 1. The summed E-state index contributed by atoms with van der Waals surface area (Å²) in [6.07, 6.45) is 1.35. The maximum absolute atomic E-state index is 11.4. The highest BCUT2D eigenvalue weighted by Crippen LogP contribution is 2.29. The molecule has 2 N–H and O–H groups in total. The van der Waals surface area contributed by atoms with Crippen molar-refractivity contribution < 1.29 is 14.3 Å². The Hall–Kier alpha value is -2.15. The minimum Gasteiger partial charge on any atom is -0.496 e. The molecule has 0 saturated carbocycles.